The molecule has 0 radical (unpaired) electrons. The van der Waals surface area contributed by atoms with Crippen LogP contribution in [0.5, 0.6) is 0 Å². The minimum atomic E-state index is 0.495. The molecule has 0 saturated heterocycles. The molecule has 0 atom stereocenters. The zero-order valence-electron chi connectivity index (χ0n) is 10.1. The van der Waals surface area contributed by atoms with Crippen molar-refractivity contribution in [3.8, 4) is 6.07 Å². The Balaban J connectivity index is 2.45. The van der Waals surface area contributed by atoms with Gasteiger partial charge in [0.05, 0.1) is 11.6 Å². The Hall–Kier alpha value is -1.59. The van der Waals surface area contributed by atoms with E-state index in [2.05, 4.69) is 6.07 Å². The van der Waals surface area contributed by atoms with E-state index in [4.69, 9.17) is 5.73 Å². The molecule has 0 spiro atoms. The fraction of sp³-hybridized carbons (Fsp3) is 0.400. The Morgan fingerprint density at radius 3 is 2.53 bits per heavy atom. The average Bonchev–Trinajstić information content (AvgIpc) is 2.41. The van der Waals surface area contributed by atoms with Crippen molar-refractivity contribution in [3.05, 3.63) is 41.0 Å². The van der Waals surface area contributed by atoms with E-state index in [1.807, 2.05) is 24.3 Å². The molecule has 0 amide bonds. The summed E-state index contributed by atoms with van der Waals surface area (Å²) in [6.45, 7) is 0.495. The minimum absolute atomic E-state index is 0.495. The van der Waals surface area contributed by atoms with Crippen molar-refractivity contribution >= 4 is 5.57 Å². The van der Waals surface area contributed by atoms with Crippen LogP contribution in [0.2, 0.25) is 0 Å². The van der Waals surface area contributed by atoms with Crippen molar-refractivity contribution in [1.29, 1.82) is 5.26 Å². The third-order valence-electron chi connectivity index (χ3n) is 3.43. The molecule has 1 aliphatic carbocycles. The average molecular weight is 226 g/mol. The van der Waals surface area contributed by atoms with Crippen LogP contribution < -0.4 is 5.73 Å². The number of benzene rings is 1. The van der Waals surface area contributed by atoms with E-state index >= 15 is 0 Å². The highest BCUT2D eigenvalue weighted by molar-refractivity contribution is 5.81. The maximum atomic E-state index is 9.40. The predicted octanol–water partition coefficient (Wildman–Crippen LogP) is 3.39. The first kappa shape index (κ1) is 11.9. The van der Waals surface area contributed by atoms with E-state index in [9.17, 15) is 5.26 Å². The monoisotopic (exact) mass is 226 g/mol. The zero-order valence-corrected chi connectivity index (χ0v) is 10.1. The number of nitrogens with zero attached hydrogens (tertiary/aromatic N) is 1. The van der Waals surface area contributed by atoms with E-state index < -0.39 is 0 Å². The summed E-state index contributed by atoms with van der Waals surface area (Å²) in [5.41, 5.74) is 10.0. The van der Waals surface area contributed by atoms with Gasteiger partial charge in [0.15, 0.2) is 0 Å². The standard InChI is InChI=1S/C15H18N2/c16-10-13-8-4-5-9-14(13)15(11-17)12-6-2-1-3-7-12/h4-5,8-9H,1-3,6-7,10,16H2. The maximum absolute atomic E-state index is 9.40. The summed E-state index contributed by atoms with van der Waals surface area (Å²) in [6.07, 6.45) is 5.86. The summed E-state index contributed by atoms with van der Waals surface area (Å²) in [5.74, 6) is 0. The summed E-state index contributed by atoms with van der Waals surface area (Å²) in [7, 11) is 0. The second-order valence-corrected chi connectivity index (χ2v) is 4.51. The van der Waals surface area contributed by atoms with E-state index in [0.717, 1.165) is 29.5 Å². The molecule has 2 heteroatoms. The highest BCUT2D eigenvalue weighted by atomic mass is 14.5. The van der Waals surface area contributed by atoms with Crippen LogP contribution in [0.15, 0.2) is 29.8 Å². The van der Waals surface area contributed by atoms with Crippen LogP contribution in [-0.2, 0) is 6.54 Å². The van der Waals surface area contributed by atoms with Crippen molar-refractivity contribution in [2.24, 2.45) is 5.73 Å². The van der Waals surface area contributed by atoms with Gasteiger partial charge in [-0.1, -0.05) is 36.3 Å². The largest absolute Gasteiger partial charge is 0.326 e. The molecule has 1 aliphatic rings. The first-order valence-electron chi connectivity index (χ1n) is 6.27. The van der Waals surface area contributed by atoms with Crippen molar-refractivity contribution in [3.63, 3.8) is 0 Å². The highest BCUT2D eigenvalue weighted by Gasteiger charge is 2.14. The Bertz CT molecular complexity index is 458. The van der Waals surface area contributed by atoms with Gasteiger partial charge < -0.3 is 5.73 Å². The SMILES string of the molecule is N#CC(=C1CCCCC1)c1ccccc1CN. The van der Waals surface area contributed by atoms with Crippen LogP contribution in [0, 0.1) is 11.3 Å². The van der Waals surface area contributed by atoms with Crippen LogP contribution in [0.25, 0.3) is 5.57 Å². The molecule has 1 fully saturated rings. The normalized spacial score (nSPS) is 15.4. The van der Waals surface area contributed by atoms with Crippen LogP contribution in [0.4, 0.5) is 0 Å². The van der Waals surface area contributed by atoms with E-state index in [1.54, 1.807) is 0 Å². The summed E-state index contributed by atoms with van der Waals surface area (Å²) < 4.78 is 0. The lowest BCUT2D eigenvalue weighted by Crippen LogP contribution is -2.03. The van der Waals surface area contributed by atoms with Gasteiger partial charge in [0, 0.05) is 6.54 Å². The minimum Gasteiger partial charge on any atom is -0.326 e. The lowest BCUT2D eigenvalue weighted by Gasteiger charge is -2.17. The number of nitriles is 1. The molecular formula is C15H18N2. The molecule has 88 valence electrons. The fourth-order valence-electron chi connectivity index (χ4n) is 2.50. The van der Waals surface area contributed by atoms with E-state index in [0.29, 0.717) is 6.54 Å². The first-order valence-corrected chi connectivity index (χ1v) is 6.27. The molecular weight excluding hydrogens is 208 g/mol. The third kappa shape index (κ3) is 2.57. The van der Waals surface area contributed by atoms with Gasteiger partial charge in [-0.3, -0.25) is 0 Å². The van der Waals surface area contributed by atoms with Gasteiger partial charge in [-0.2, -0.15) is 5.26 Å². The summed E-state index contributed by atoms with van der Waals surface area (Å²) in [5, 5.41) is 9.40. The smallest absolute Gasteiger partial charge is 0.0997 e. The van der Waals surface area contributed by atoms with Crippen LogP contribution in [0.1, 0.15) is 43.2 Å². The molecule has 2 N–H and O–H groups in total. The maximum Gasteiger partial charge on any atom is 0.0997 e. The molecule has 2 nitrogen and oxygen atoms in total. The van der Waals surface area contributed by atoms with Crippen LogP contribution in [0.3, 0.4) is 0 Å². The molecule has 0 aromatic heterocycles. The van der Waals surface area contributed by atoms with Gasteiger partial charge in [0.2, 0.25) is 0 Å². The van der Waals surface area contributed by atoms with Crippen molar-refractivity contribution < 1.29 is 0 Å². The molecule has 2 rings (SSSR count). The third-order valence-corrected chi connectivity index (χ3v) is 3.43. The lowest BCUT2D eigenvalue weighted by molar-refractivity contribution is 0.601. The second-order valence-electron chi connectivity index (χ2n) is 4.51. The van der Waals surface area contributed by atoms with E-state index in [-0.39, 0.29) is 0 Å². The summed E-state index contributed by atoms with van der Waals surface area (Å²) in [6, 6.07) is 10.4. The molecule has 1 aromatic carbocycles. The van der Waals surface area contributed by atoms with Crippen molar-refractivity contribution in [2.45, 2.75) is 38.6 Å². The first-order chi connectivity index (χ1) is 8.36. The number of hydrogen-bond donors (Lipinski definition) is 1. The lowest BCUT2D eigenvalue weighted by atomic mass is 9.87. The van der Waals surface area contributed by atoms with Gasteiger partial charge in [0.25, 0.3) is 0 Å². The van der Waals surface area contributed by atoms with Gasteiger partial charge >= 0.3 is 0 Å². The molecule has 0 heterocycles. The summed E-state index contributed by atoms with van der Waals surface area (Å²) in [4.78, 5) is 0. The highest BCUT2D eigenvalue weighted by Crippen LogP contribution is 2.31. The van der Waals surface area contributed by atoms with Crippen molar-refractivity contribution in [2.75, 3.05) is 0 Å². The van der Waals surface area contributed by atoms with Gasteiger partial charge in [-0.05, 0) is 36.8 Å². The molecule has 0 bridgehead atoms. The van der Waals surface area contributed by atoms with Crippen LogP contribution >= 0.6 is 0 Å². The Morgan fingerprint density at radius 1 is 1.18 bits per heavy atom. The Morgan fingerprint density at radius 2 is 1.88 bits per heavy atom. The Labute approximate surface area is 103 Å². The van der Waals surface area contributed by atoms with Crippen molar-refractivity contribution in [1.82, 2.24) is 0 Å². The number of nitrogens with two attached hydrogens (primary N) is 1. The molecule has 1 saturated carbocycles. The molecule has 17 heavy (non-hydrogen) atoms. The van der Waals surface area contributed by atoms with Gasteiger partial charge in [-0.15, -0.1) is 0 Å². The molecule has 1 aromatic rings. The second kappa shape index (κ2) is 5.65. The Kier molecular flexibility index (Phi) is 3.95. The molecule has 0 unspecified atom stereocenters. The fourth-order valence-corrected chi connectivity index (χ4v) is 2.50. The van der Waals surface area contributed by atoms with E-state index in [1.165, 1.54) is 24.8 Å². The molecule has 0 aliphatic heterocycles. The van der Waals surface area contributed by atoms with Crippen LogP contribution in [-0.4, -0.2) is 0 Å². The quantitative estimate of drug-likeness (QED) is 0.786. The summed E-state index contributed by atoms with van der Waals surface area (Å²) >= 11 is 0. The van der Waals surface area contributed by atoms with Gasteiger partial charge in [-0.25, -0.2) is 0 Å². The number of hydrogen-bond acceptors (Lipinski definition) is 2. The number of allylic oxidation sites excluding steroid dienone is 2. The van der Waals surface area contributed by atoms with Gasteiger partial charge in [0.1, 0.15) is 0 Å². The zero-order chi connectivity index (χ0) is 12.1. The topological polar surface area (TPSA) is 49.8 Å². The number of rotatable bonds is 2. The predicted molar refractivity (Wildman–Crippen MR) is 70.0 cm³/mol.